The zero-order chi connectivity index (χ0) is 13.7. The summed E-state index contributed by atoms with van der Waals surface area (Å²) >= 11 is 0. The Morgan fingerprint density at radius 2 is 1.65 bits per heavy atom. The second kappa shape index (κ2) is 4.37. The van der Waals surface area contributed by atoms with Gasteiger partial charge in [0.15, 0.2) is 0 Å². The summed E-state index contributed by atoms with van der Waals surface area (Å²) in [6, 6.07) is 20.7. The Kier molecular flexibility index (Phi) is 2.63. The third-order valence-corrected chi connectivity index (χ3v) is 5.37. The van der Waals surface area contributed by atoms with Gasteiger partial charge in [-0.1, -0.05) is 55.5 Å². The summed E-state index contributed by atoms with van der Waals surface area (Å²) in [5.41, 5.74) is 4.51. The van der Waals surface area contributed by atoms with Crippen molar-refractivity contribution >= 4 is 5.69 Å². The second-order valence-electron chi connectivity index (χ2n) is 6.42. The SMILES string of the molecule is CC1CC2c3ccccc3N(C)C2C1c1ccccc1. The highest BCUT2D eigenvalue weighted by Crippen LogP contribution is 2.56. The highest BCUT2D eigenvalue weighted by atomic mass is 15.2. The van der Waals surface area contributed by atoms with Crippen LogP contribution in [-0.4, -0.2) is 13.1 Å². The van der Waals surface area contributed by atoms with Crippen LogP contribution in [0.4, 0.5) is 5.69 Å². The van der Waals surface area contributed by atoms with Crippen LogP contribution in [0.3, 0.4) is 0 Å². The quantitative estimate of drug-likeness (QED) is 0.736. The molecular formula is C19H21N. The van der Waals surface area contributed by atoms with Crippen molar-refractivity contribution in [3.05, 3.63) is 65.7 Å². The lowest BCUT2D eigenvalue weighted by atomic mass is 9.87. The van der Waals surface area contributed by atoms with Gasteiger partial charge in [0.2, 0.25) is 0 Å². The molecule has 1 heteroatoms. The van der Waals surface area contributed by atoms with Gasteiger partial charge < -0.3 is 4.90 Å². The molecule has 0 N–H and O–H groups in total. The minimum atomic E-state index is 0.629. The molecule has 0 spiro atoms. The van der Waals surface area contributed by atoms with Gasteiger partial charge in [0.1, 0.15) is 0 Å². The first-order chi connectivity index (χ1) is 9.77. The first-order valence-electron chi connectivity index (χ1n) is 7.64. The van der Waals surface area contributed by atoms with Crippen molar-refractivity contribution < 1.29 is 0 Å². The maximum atomic E-state index is 2.53. The summed E-state index contributed by atoms with van der Waals surface area (Å²) < 4.78 is 0. The number of likely N-dealkylation sites (N-methyl/N-ethyl adjacent to an activating group) is 1. The van der Waals surface area contributed by atoms with Crippen LogP contribution >= 0.6 is 0 Å². The number of benzene rings is 2. The lowest BCUT2D eigenvalue weighted by Crippen LogP contribution is -2.33. The van der Waals surface area contributed by atoms with E-state index in [4.69, 9.17) is 0 Å². The van der Waals surface area contributed by atoms with Crippen LogP contribution in [0, 0.1) is 5.92 Å². The number of nitrogens with zero attached hydrogens (tertiary/aromatic N) is 1. The highest BCUT2D eigenvalue weighted by molar-refractivity contribution is 5.63. The maximum Gasteiger partial charge on any atom is 0.0427 e. The van der Waals surface area contributed by atoms with E-state index < -0.39 is 0 Å². The highest BCUT2D eigenvalue weighted by Gasteiger charge is 2.49. The molecule has 0 saturated heterocycles. The van der Waals surface area contributed by atoms with Gasteiger partial charge in [-0.05, 0) is 29.5 Å². The summed E-state index contributed by atoms with van der Waals surface area (Å²) in [5, 5.41) is 0. The lowest BCUT2D eigenvalue weighted by Gasteiger charge is -2.30. The summed E-state index contributed by atoms with van der Waals surface area (Å²) in [7, 11) is 2.28. The molecule has 4 unspecified atom stereocenters. The first kappa shape index (κ1) is 12.0. The van der Waals surface area contributed by atoms with Gasteiger partial charge in [0.25, 0.3) is 0 Å². The van der Waals surface area contributed by atoms with Crippen molar-refractivity contribution in [3.8, 4) is 0 Å². The van der Waals surface area contributed by atoms with Crippen LogP contribution in [0.2, 0.25) is 0 Å². The van der Waals surface area contributed by atoms with Crippen LogP contribution in [0.15, 0.2) is 54.6 Å². The molecule has 1 aliphatic heterocycles. The van der Waals surface area contributed by atoms with Gasteiger partial charge in [-0.15, -0.1) is 0 Å². The Balaban J connectivity index is 1.79. The van der Waals surface area contributed by atoms with Crippen molar-refractivity contribution in [2.24, 2.45) is 5.92 Å². The number of para-hydroxylation sites is 1. The molecule has 2 aromatic carbocycles. The molecule has 2 aromatic rings. The average molecular weight is 263 g/mol. The van der Waals surface area contributed by atoms with Crippen molar-refractivity contribution in [1.29, 1.82) is 0 Å². The Bertz CT molecular complexity index is 619. The molecule has 1 heterocycles. The van der Waals surface area contributed by atoms with Crippen molar-refractivity contribution in [2.75, 3.05) is 11.9 Å². The number of anilines is 1. The number of hydrogen-bond donors (Lipinski definition) is 0. The topological polar surface area (TPSA) is 3.24 Å². The third kappa shape index (κ3) is 1.56. The molecule has 0 amide bonds. The Morgan fingerprint density at radius 1 is 0.950 bits per heavy atom. The molecular weight excluding hydrogens is 242 g/mol. The van der Waals surface area contributed by atoms with Crippen LogP contribution in [0.25, 0.3) is 0 Å². The molecule has 4 rings (SSSR count). The Morgan fingerprint density at radius 3 is 2.45 bits per heavy atom. The smallest absolute Gasteiger partial charge is 0.0427 e. The van der Waals surface area contributed by atoms with E-state index in [0.29, 0.717) is 17.9 Å². The van der Waals surface area contributed by atoms with Gasteiger partial charge >= 0.3 is 0 Å². The van der Waals surface area contributed by atoms with Crippen molar-refractivity contribution in [3.63, 3.8) is 0 Å². The summed E-state index contributed by atoms with van der Waals surface area (Å²) in [5.74, 6) is 2.11. The van der Waals surface area contributed by atoms with E-state index >= 15 is 0 Å². The monoisotopic (exact) mass is 263 g/mol. The van der Waals surface area contributed by atoms with Gasteiger partial charge in [0, 0.05) is 30.6 Å². The average Bonchev–Trinajstić information content (AvgIpc) is 2.96. The van der Waals surface area contributed by atoms with Gasteiger partial charge in [0.05, 0.1) is 0 Å². The fourth-order valence-electron chi connectivity index (χ4n) is 4.58. The molecule has 102 valence electrons. The molecule has 1 fully saturated rings. The van der Waals surface area contributed by atoms with Crippen LogP contribution < -0.4 is 4.90 Å². The lowest BCUT2D eigenvalue weighted by molar-refractivity contribution is 0.492. The summed E-state index contributed by atoms with van der Waals surface area (Å²) in [6.45, 7) is 2.42. The summed E-state index contributed by atoms with van der Waals surface area (Å²) in [4.78, 5) is 2.53. The number of hydrogen-bond acceptors (Lipinski definition) is 1. The molecule has 20 heavy (non-hydrogen) atoms. The van der Waals surface area contributed by atoms with Gasteiger partial charge in [-0.2, -0.15) is 0 Å². The third-order valence-electron chi connectivity index (χ3n) is 5.37. The second-order valence-corrected chi connectivity index (χ2v) is 6.42. The molecule has 2 aliphatic rings. The zero-order valence-electron chi connectivity index (χ0n) is 12.2. The van der Waals surface area contributed by atoms with Crippen LogP contribution in [-0.2, 0) is 0 Å². The van der Waals surface area contributed by atoms with E-state index in [0.717, 1.165) is 5.92 Å². The van der Waals surface area contributed by atoms with E-state index in [1.807, 2.05) is 0 Å². The number of rotatable bonds is 1. The minimum absolute atomic E-state index is 0.629. The molecule has 1 aliphatic carbocycles. The molecule has 0 bridgehead atoms. The standard InChI is InChI=1S/C19H21N/c1-13-12-16-15-10-6-7-11-17(15)20(2)19(16)18(13)14-8-4-3-5-9-14/h3-11,13,16,18-19H,12H2,1-2H3. The molecule has 0 aromatic heterocycles. The molecule has 0 radical (unpaired) electrons. The van der Waals surface area contributed by atoms with Crippen molar-refractivity contribution in [1.82, 2.24) is 0 Å². The maximum absolute atomic E-state index is 2.53. The van der Waals surface area contributed by atoms with Crippen molar-refractivity contribution in [2.45, 2.75) is 31.2 Å². The predicted molar refractivity (Wildman–Crippen MR) is 84.3 cm³/mol. The van der Waals surface area contributed by atoms with Gasteiger partial charge in [-0.3, -0.25) is 0 Å². The minimum Gasteiger partial charge on any atom is -0.370 e. The summed E-state index contributed by atoms with van der Waals surface area (Å²) in [6.07, 6.45) is 1.31. The fourth-order valence-corrected chi connectivity index (χ4v) is 4.58. The molecule has 1 saturated carbocycles. The predicted octanol–water partition coefficient (Wildman–Crippen LogP) is 4.41. The molecule has 4 atom stereocenters. The first-order valence-corrected chi connectivity index (χ1v) is 7.64. The number of fused-ring (bicyclic) bond motifs is 3. The normalized spacial score (nSPS) is 31.2. The Labute approximate surface area is 121 Å². The van der Waals surface area contributed by atoms with E-state index in [1.165, 1.54) is 17.7 Å². The largest absolute Gasteiger partial charge is 0.370 e. The zero-order valence-corrected chi connectivity index (χ0v) is 12.2. The van der Waals surface area contributed by atoms with E-state index in [9.17, 15) is 0 Å². The van der Waals surface area contributed by atoms with Crippen LogP contribution in [0.1, 0.15) is 36.3 Å². The Hall–Kier alpha value is -1.76. The van der Waals surface area contributed by atoms with E-state index in [1.54, 1.807) is 5.56 Å². The van der Waals surface area contributed by atoms with E-state index in [2.05, 4.69) is 73.5 Å². The van der Waals surface area contributed by atoms with Gasteiger partial charge in [-0.25, -0.2) is 0 Å². The van der Waals surface area contributed by atoms with Crippen LogP contribution in [0.5, 0.6) is 0 Å². The fraction of sp³-hybridized carbons (Fsp3) is 0.368. The van der Waals surface area contributed by atoms with E-state index in [-0.39, 0.29) is 0 Å². The molecule has 1 nitrogen and oxygen atoms in total.